The molecule has 4 rings (SSSR count). The van der Waals surface area contributed by atoms with Gasteiger partial charge in [-0.25, -0.2) is 0 Å². The van der Waals surface area contributed by atoms with Crippen molar-refractivity contribution in [2.75, 3.05) is 52.6 Å². The minimum atomic E-state index is 0.0342. The van der Waals surface area contributed by atoms with Crippen molar-refractivity contribution in [3.05, 3.63) is 47.5 Å². The van der Waals surface area contributed by atoms with E-state index >= 15 is 0 Å². The Morgan fingerprint density at radius 3 is 2.44 bits per heavy atom. The van der Waals surface area contributed by atoms with Crippen LogP contribution in [0.25, 0.3) is 0 Å². The highest BCUT2D eigenvalue weighted by Crippen LogP contribution is 2.32. The standard InChI is InChI=1S/C25H32N2O5/c1-3-13-30-22-8-6-20(17-24(22)29-4-2)25(28)27-11-9-26(10-12-27)18-19-5-7-21-23(16-19)32-15-14-31-21/h5-8,16-17H,3-4,9-15,18H2,1-2H3. The molecule has 0 aliphatic carbocycles. The first-order valence-electron chi connectivity index (χ1n) is 11.5. The monoisotopic (exact) mass is 440 g/mol. The quantitative estimate of drug-likeness (QED) is 0.625. The molecule has 0 radical (unpaired) electrons. The fourth-order valence-electron chi connectivity index (χ4n) is 3.98. The molecule has 2 aromatic carbocycles. The number of carbonyl (C=O) groups is 1. The fourth-order valence-corrected chi connectivity index (χ4v) is 3.98. The second kappa shape index (κ2) is 10.6. The zero-order chi connectivity index (χ0) is 22.3. The molecule has 2 heterocycles. The number of carbonyl (C=O) groups excluding carboxylic acids is 1. The van der Waals surface area contributed by atoms with E-state index in [9.17, 15) is 4.79 Å². The van der Waals surface area contributed by atoms with E-state index in [0.29, 0.717) is 56.6 Å². The number of piperazine rings is 1. The van der Waals surface area contributed by atoms with E-state index in [2.05, 4.69) is 24.0 Å². The van der Waals surface area contributed by atoms with E-state index in [-0.39, 0.29) is 5.91 Å². The Morgan fingerprint density at radius 2 is 1.69 bits per heavy atom. The Bertz CT molecular complexity index is 925. The molecular weight excluding hydrogens is 408 g/mol. The van der Waals surface area contributed by atoms with Crippen molar-refractivity contribution < 1.29 is 23.7 Å². The molecule has 32 heavy (non-hydrogen) atoms. The highest BCUT2D eigenvalue weighted by molar-refractivity contribution is 5.95. The topological polar surface area (TPSA) is 60.5 Å². The van der Waals surface area contributed by atoms with Gasteiger partial charge >= 0.3 is 0 Å². The maximum atomic E-state index is 13.1. The van der Waals surface area contributed by atoms with Crippen molar-refractivity contribution in [1.82, 2.24) is 9.80 Å². The molecule has 0 aromatic heterocycles. The molecule has 7 heteroatoms. The highest BCUT2D eigenvalue weighted by atomic mass is 16.6. The van der Waals surface area contributed by atoms with Crippen LogP contribution < -0.4 is 18.9 Å². The molecule has 0 bridgehead atoms. The zero-order valence-electron chi connectivity index (χ0n) is 19.0. The van der Waals surface area contributed by atoms with Crippen molar-refractivity contribution in [2.45, 2.75) is 26.8 Å². The van der Waals surface area contributed by atoms with Crippen LogP contribution in [-0.2, 0) is 6.54 Å². The summed E-state index contributed by atoms with van der Waals surface area (Å²) < 4.78 is 22.8. The fraction of sp³-hybridized carbons (Fsp3) is 0.480. The summed E-state index contributed by atoms with van der Waals surface area (Å²) in [6, 6.07) is 11.6. The molecule has 7 nitrogen and oxygen atoms in total. The molecule has 0 spiro atoms. The van der Waals surface area contributed by atoms with Crippen LogP contribution in [0, 0.1) is 0 Å². The van der Waals surface area contributed by atoms with Gasteiger partial charge in [0, 0.05) is 38.3 Å². The van der Waals surface area contributed by atoms with Crippen LogP contribution in [0.3, 0.4) is 0 Å². The maximum Gasteiger partial charge on any atom is 0.254 e. The Kier molecular flexibility index (Phi) is 7.37. The van der Waals surface area contributed by atoms with Gasteiger partial charge in [-0.05, 0) is 49.2 Å². The van der Waals surface area contributed by atoms with Crippen molar-refractivity contribution in [2.24, 2.45) is 0 Å². The number of benzene rings is 2. The van der Waals surface area contributed by atoms with Crippen molar-refractivity contribution >= 4 is 5.91 Å². The Hall–Kier alpha value is -2.93. The van der Waals surface area contributed by atoms with E-state index < -0.39 is 0 Å². The molecule has 0 N–H and O–H groups in total. The Morgan fingerprint density at radius 1 is 0.906 bits per heavy atom. The van der Waals surface area contributed by atoms with Gasteiger partial charge in [0.2, 0.25) is 0 Å². The normalized spacial score (nSPS) is 16.0. The van der Waals surface area contributed by atoms with Gasteiger partial charge < -0.3 is 23.8 Å². The average molecular weight is 441 g/mol. The molecule has 0 saturated carbocycles. The number of hydrogen-bond acceptors (Lipinski definition) is 6. The summed E-state index contributed by atoms with van der Waals surface area (Å²) in [5.74, 6) is 2.98. The number of fused-ring (bicyclic) bond motifs is 1. The van der Waals surface area contributed by atoms with Crippen LogP contribution in [0.2, 0.25) is 0 Å². The summed E-state index contributed by atoms with van der Waals surface area (Å²) in [6.07, 6.45) is 0.919. The number of ether oxygens (including phenoxy) is 4. The zero-order valence-corrected chi connectivity index (χ0v) is 19.0. The van der Waals surface area contributed by atoms with Crippen molar-refractivity contribution in [1.29, 1.82) is 0 Å². The van der Waals surface area contributed by atoms with Crippen LogP contribution in [-0.4, -0.2) is 68.3 Å². The Labute approximate surface area is 189 Å². The molecule has 0 unspecified atom stereocenters. The third kappa shape index (κ3) is 5.27. The summed E-state index contributed by atoms with van der Waals surface area (Å²) in [7, 11) is 0. The van der Waals surface area contributed by atoms with Gasteiger partial charge in [0.25, 0.3) is 5.91 Å². The molecule has 1 saturated heterocycles. The highest BCUT2D eigenvalue weighted by Gasteiger charge is 2.24. The van der Waals surface area contributed by atoms with E-state index in [1.807, 2.05) is 30.0 Å². The molecule has 2 aliphatic heterocycles. The molecule has 2 aliphatic rings. The lowest BCUT2D eigenvalue weighted by atomic mass is 10.1. The lowest BCUT2D eigenvalue weighted by molar-refractivity contribution is 0.0627. The first-order chi connectivity index (χ1) is 15.7. The summed E-state index contributed by atoms with van der Waals surface area (Å²) in [6.45, 7) is 10.2. The summed E-state index contributed by atoms with van der Waals surface area (Å²) in [5.41, 5.74) is 1.83. The predicted molar refractivity (Wildman–Crippen MR) is 122 cm³/mol. The van der Waals surface area contributed by atoms with E-state index in [1.54, 1.807) is 6.07 Å². The number of hydrogen-bond donors (Lipinski definition) is 0. The maximum absolute atomic E-state index is 13.1. The lowest BCUT2D eigenvalue weighted by Crippen LogP contribution is -2.48. The van der Waals surface area contributed by atoms with Gasteiger partial charge in [0.1, 0.15) is 13.2 Å². The third-order valence-electron chi connectivity index (χ3n) is 5.62. The Balaban J connectivity index is 1.34. The largest absolute Gasteiger partial charge is 0.490 e. The SMILES string of the molecule is CCCOc1ccc(C(=O)N2CCN(Cc3ccc4c(c3)OCCO4)CC2)cc1OCC. The summed E-state index contributed by atoms with van der Waals surface area (Å²) >= 11 is 0. The van der Waals surface area contributed by atoms with Gasteiger partial charge in [-0.1, -0.05) is 13.0 Å². The predicted octanol–water partition coefficient (Wildman–Crippen LogP) is 3.60. The molecule has 1 amide bonds. The summed E-state index contributed by atoms with van der Waals surface area (Å²) in [4.78, 5) is 17.4. The van der Waals surface area contributed by atoms with Crippen LogP contribution >= 0.6 is 0 Å². The van der Waals surface area contributed by atoms with Gasteiger partial charge in [-0.15, -0.1) is 0 Å². The van der Waals surface area contributed by atoms with Crippen LogP contribution in [0.1, 0.15) is 36.2 Å². The molecule has 1 fully saturated rings. The third-order valence-corrected chi connectivity index (χ3v) is 5.62. The minimum Gasteiger partial charge on any atom is -0.490 e. The first-order valence-corrected chi connectivity index (χ1v) is 11.5. The van der Waals surface area contributed by atoms with E-state index in [1.165, 1.54) is 5.56 Å². The van der Waals surface area contributed by atoms with E-state index in [4.69, 9.17) is 18.9 Å². The molecular formula is C25H32N2O5. The first kappa shape index (κ1) is 22.3. The molecule has 2 aromatic rings. The van der Waals surface area contributed by atoms with E-state index in [0.717, 1.165) is 37.6 Å². The average Bonchev–Trinajstić information content (AvgIpc) is 2.83. The molecule has 0 atom stereocenters. The number of nitrogens with zero attached hydrogens (tertiary/aromatic N) is 2. The van der Waals surface area contributed by atoms with Gasteiger partial charge in [0.05, 0.1) is 13.2 Å². The van der Waals surface area contributed by atoms with Crippen molar-refractivity contribution in [3.8, 4) is 23.0 Å². The van der Waals surface area contributed by atoms with Gasteiger partial charge in [0.15, 0.2) is 23.0 Å². The molecule has 172 valence electrons. The number of amides is 1. The lowest BCUT2D eigenvalue weighted by Gasteiger charge is -2.35. The van der Waals surface area contributed by atoms with Gasteiger partial charge in [-0.2, -0.15) is 0 Å². The number of rotatable bonds is 8. The minimum absolute atomic E-state index is 0.0342. The van der Waals surface area contributed by atoms with Crippen LogP contribution in [0.15, 0.2) is 36.4 Å². The summed E-state index contributed by atoms with van der Waals surface area (Å²) in [5, 5.41) is 0. The van der Waals surface area contributed by atoms with Crippen LogP contribution in [0.5, 0.6) is 23.0 Å². The second-order valence-electron chi connectivity index (χ2n) is 7.99. The smallest absolute Gasteiger partial charge is 0.254 e. The van der Waals surface area contributed by atoms with Crippen molar-refractivity contribution in [3.63, 3.8) is 0 Å². The van der Waals surface area contributed by atoms with Crippen LogP contribution in [0.4, 0.5) is 0 Å². The van der Waals surface area contributed by atoms with Gasteiger partial charge in [-0.3, -0.25) is 9.69 Å². The second-order valence-corrected chi connectivity index (χ2v) is 7.99.